The molecule has 1 N–H and O–H groups in total. The molecule has 0 saturated carbocycles. The molecule has 0 bridgehead atoms. The van der Waals surface area contributed by atoms with Gasteiger partial charge in [0.25, 0.3) is 0 Å². The summed E-state index contributed by atoms with van der Waals surface area (Å²) in [5.41, 5.74) is 0.973. The van der Waals surface area contributed by atoms with Gasteiger partial charge in [0.1, 0.15) is 11.6 Å². The summed E-state index contributed by atoms with van der Waals surface area (Å²) >= 11 is 1.31. The zero-order chi connectivity index (χ0) is 23.8. The largest absolute Gasteiger partial charge is 0.493 e. The van der Waals surface area contributed by atoms with E-state index in [9.17, 15) is 13.2 Å². The van der Waals surface area contributed by atoms with E-state index >= 15 is 0 Å². The lowest BCUT2D eigenvalue weighted by Crippen LogP contribution is -2.27. The van der Waals surface area contributed by atoms with Gasteiger partial charge in [-0.2, -0.15) is 13.2 Å². The number of nitrogens with zero attached hydrogens (tertiary/aromatic N) is 3. The predicted octanol–water partition coefficient (Wildman–Crippen LogP) is 7.01. The molecule has 176 valence electrons. The third kappa shape index (κ3) is 6.25. The Labute approximate surface area is 196 Å². The normalized spacial score (nSPS) is 11.3. The van der Waals surface area contributed by atoms with Crippen LogP contribution in [0.5, 0.6) is 5.75 Å². The van der Waals surface area contributed by atoms with Crippen LogP contribution < -0.4 is 15.0 Å². The molecule has 0 radical (unpaired) electrons. The molecular weight excluding hydrogens is 449 g/mol. The van der Waals surface area contributed by atoms with Crippen molar-refractivity contribution in [3.63, 3.8) is 0 Å². The average Bonchev–Trinajstić information content (AvgIpc) is 3.27. The van der Waals surface area contributed by atoms with Gasteiger partial charge in [0, 0.05) is 29.9 Å². The summed E-state index contributed by atoms with van der Waals surface area (Å²) in [7, 11) is 0. The van der Waals surface area contributed by atoms with Gasteiger partial charge < -0.3 is 10.1 Å². The Hall–Kier alpha value is -3.07. The van der Waals surface area contributed by atoms with Gasteiger partial charge in [0.05, 0.1) is 23.6 Å². The van der Waals surface area contributed by atoms with Gasteiger partial charge in [-0.15, -0.1) is 11.3 Å². The van der Waals surface area contributed by atoms with E-state index in [1.165, 1.54) is 17.4 Å². The highest BCUT2D eigenvalue weighted by Crippen LogP contribution is 2.41. The topological polar surface area (TPSA) is 50.3 Å². The van der Waals surface area contributed by atoms with Crippen LogP contribution in [0.1, 0.15) is 38.7 Å². The summed E-state index contributed by atoms with van der Waals surface area (Å²) in [4.78, 5) is 10.3. The molecule has 2 heterocycles. The van der Waals surface area contributed by atoms with Gasteiger partial charge in [0.15, 0.2) is 5.13 Å². The number of rotatable bonds is 11. The van der Waals surface area contributed by atoms with Crippen molar-refractivity contribution in [1.29, 1.82) is 0 Å². The third-order valence-electron chi connectivity index (χ3n) is 4.82. The van der Waals surface area contributed by atoms with Crippen molar-refractivity contribution in [2.24, 2.45) is 0 Å². The standard InChI is InChI=1S/C24H27F3N4OS/c1-4-6-7-13-32-22-11-10-19(14-20(22)24(25,26)27)31(17(3)29-5-2)23-30-21(16-33-23)18-9-8-12-28-15-18/h8-12,14-16,29H,3-7,13H2,1-2H3. The third-order valence-corrected chi connectivity index (χ3v) is 5.65. The number of alkyl halides is 3. The second-order valence-electron chi connectivity index (χ2n) is 7.30. The molecule has 1 aromatic carbocycles. The maximum atomic E-state index is 13.9. The number of aromatic nitrogens is 2. The number of benzene rings is 1. The summed E-state index contributed by atoms with van der Waals surface area (Å²) in [5, 5.41) is 5.42. The minimum atomic E-state index is -4.56. The SMILES string of the molecule is C=C(NCC)N(c1ccc(OCCCCC)c(C(F)(F)F)c1)c1nc(-c2cccnc2)cs1. The van der Waals surface area contributed by atoms with Crippen molar-refractivity contribution in [3.05, 3.63) is 66.1 Å². The van der Waals surface area contributed by atoms with Crippen LogP contribution in [0.25, 0.3) is 11.3 Å². The Bertz CT molecular complexity index is 1050. The first-order valence-electron chi connectivity index (χ1n) is 10.8. The van der Waals surface area contributed by atoms with Crippen LogP contribution in [0.4, 0.5) is 24.0 Å². The van der Waals surface area contributed by atoms with Gasteiger partial charge in [-0.05, 0) is 43.7 Å². The molecular formula is C24H27F3N4OS. The molecule has 0 unspecified atom stereocenters. The van der Waals surface area contributed by atoms with Crippen molar-refractivity contribution in [2.75, 3.05) is 18.1 Å². The second-order valence-corrected chi connectivity index (χ2v) is 8.14. The number of anilines is 2. The van der Waals surface area contributed by atoms with Gasteiger partial charge in [0.2, 0.25) is 0 Å². The lowest BCUT2D eigenvalue weighted by molar-refractivity contribution is -0.138. The van der Waals surface area contributed by atoms with Crippen molar-refractivity contribution < 1.29 is 17.9 Å². The minimum absolute atomic E-state index is 0.174. The zero-order valence-corrected chi connectivity index (χ0v) is 19.5. The van der Waals surface area contributed by atoms with Crippen LogP contribution in [0.15, 0.2) is 60.5 Å². The molecule has 9 heteroatoms. The molecule has 0 spiro atoms. The first kappa shape index (κ1) is 24.6. The molecule has 3 rings (SSSR count). The van der Waals surface area contributed by atoms with E-state index in [1.807, 2.05) is 25.3 Å². The van der Waals surface area contributed by atoms with Crippen molar-refractivity contribution in [1.82, 2.24) is 15.3 Å². The average molecular weight is 477 g/mol. The Balaban J connectivity index is 1.99. The predicted molar refractivity (Wildman–Crippen MR) is 127 cm³/mol. The van der Waals surface area contributed by atoms with Crippen LogP contribution in [-0.2, 0) is 6.18 Å². The molecule has 0 amide bonds. The summed E-state index contributed by atoms with van der Waals surface area (Å²) in [6.45, 7) is 8.74. The highest BCUT2D eigenvalue weighted by Gasteiger charge is 2.35. The first-order chi connectivity index (χ1) is 15.8. The van der Waals surface area contributed by atoms with E-state index in [0.717, 1.165) is 24.5 Å². The van der Waals surface area contributed by atoms with E-state index in [1.54, 1.807) is 29.4 Å². The number of pyridine rings is 1. The smallest absolute Gasteiger partial charge is 0.420 e. The van der Waals surface area contributed by atoms with Crippen LogP contribution in [0.3, 0.4) is 0 Å². The van der Waals surface area contributed by atoms with E-state index < -0.39 is 11.7 Å². The first-order valence-corrected chi connectivity index (χ1v) is 11.7. The van der Waals surface area contributed by atoms with Gasteiger partial charge in [-0.1, -0.05) is 26.3 Å². The number of nitrogens with one attached hydrogen (secondary N) is 1. The molecule has 0 aliphatic heterocycles. The lowest BCUT2D eigenvalue weighted by Gasteiger charge is -2.26. The van der Waals surface area contributed by atoms with Crippen LogP contribution in [0, 0.1) is 0 Å². The van der Waals surface area contributed by atoms with Gasteiger partial charge in [-0.3, -0.25) is 9.88 Å². The lowest BCUT2D eigenvalue weighted by atomic mass is 10.1. The van der Waals surface area contributed by atoms with Crippen molar-refractivity contribution in [2.45, 2.75) is 39.3 Å². The monoisotopic (exact) mass is 476 g/mol. The van der Waals surface area contributed by atoms with Crippen LogP contribution >= 0.6 is 11.3 Å². The maximum Gasteiger partial charge on any atom is 0.420 e. The van der Waals surface area contributed by atoms with Gasteiger partial charge in [-0.25, -0.2) is 4.98 Å². The van der Waals surface area contributed by atoms with E-state index in [4.69, 9.17) is 4.74 Å². The quantitative estimate of drug-likeness (QED) is 0.302. The summed E-state index contributed by atoms with van der Waals surface area (Å²) in [6.07, 6.45) is 1.36. The van der Waals surface area contributed by atoms with Crippen molar-refractivity contribution in [3.8, 4) is 17.0 Å². The molecule has 33 heavy (non-hydrogen) atoms. The fourth-order valence-corrected chi connectivity index (χ4v) is 4.10. The molecule has 0 aliphatic carbocycles. The highest BCUT2D eigenvalue weighted by atomic mass is 32.1. The van der Waals surface area contributed by atoms with E-state index in [-0.39, 0.29) is 12.4 Å². The molecule has 3 aromatic rings. The second kappa shape index (κ2) is 11.2. The number of unbranched alkanes of at least 4 members (excludes halogenated alkanes) is 2. The summed E-state index contributed by atoms with van der Waals surface area (Å²) in [6, 6.07) is 7.73. The molecule has 0 saturated heterocycles. The molecule has 0 aliphatic rings. The molecule has 2 aromatic heterocycles. The Morgan fingerprint density at radius 3 is 2.70 bits per heavy atom. The summed E-state index contributed by atoms with van der Waals surface area (Å²) < 4.78 is 47.1. The molecule has 5 nitrogen and oxygen atoms in total. The fraction of sp³-hybridized carbons (Fsp3) is 0.333. The number of thiazole rings is 1. The van der Waals surface area contributed by atoms with Crippen LogP contribution in [0.2, 0.25) is 0 Å². The maximum absolute atomic E-state index is 13.9. The Morgan fingerprint density at radius 1 is 1.21 bits per heavy atom. The Kier molecular flexibility index (Phi) is 8.32. The van der Waals surface area contributed by atoms with E-state index in [0.29, 0.717) is 35.3 Å². The van der Waals surface area contributed by atoms with E-state index in [2.05, 4.69) is 21.9 Å². The number of hydrogen-bond acceptors (Lipinski definition) is 6. The fourth-order valence-electron chi connectivity index (χ4n) is 3.22. The molecule has 0 fully saturated rings. The van der Waals surface area contributed by atoms with Gasteiger partial charge >= 0.3 is 6.18 Å². The van der Waals surface area contributed by atoms with Crippen molar-refractivity contribution >= 4 is 22.2 Å². The minimum Gasteiger partial charge on any atom is -0.493 e. The summed E-state index contributed by atoms with van der Waals surface area (Å²) in [5.74, 6) is 0.251. The Morgan fingerprint density at radius 2 is 2.03 bits per heavy atom. The number of halogens is 3. The molecule has 0 atom stereocenters. The number of ether oxygens (including phenoxy) is 1. The van der Waals surface area contributed by atoms with Crippen LogP contribution in [-0.4, -0.2) is 23.1 Å². The number of hydrogen-bond donors (Lipinski definition) is 1. The zero-order valence-electron chi connectivity index (χ0n) is 18.7. The highest BCUT2D eigenvalue weighted by molar-refractivity contribution is 7.14.